The van der Waals surface area contributed by atoms with Gasteiger partial charge in [-0.15, -0.1) is 11.3 Å². The van der Waals surface area contributed by atoms with E-state index in [0.29, 0.717) is 35.2 Å². The van der Waals surface area contributed by atoms with Crippen LogP contribution in [-0.2, 0) is 6.54 Å². The quantitative estimate of drug-likeness (QED) is 0.409. The Morgan fingerprint density at radius 2 is 1.79 bits per heavy atom. The molecule has 0 bridgehead atoms. The van der Waals surface area contributed by atoms with Gasteiger partial charge in [0, 0.05) is 19.2 Å². The summed E-state index contributed by atoms with van der Waals surface area (Å²) in [5.41, 5.74) is 2.55. The van der Waals surface area contributed by atoms with Crippen LogP contribution < -0.4 is 20.1 Å². The fraction of sp³-hybridized carbons (Fsp3) is 0.208. The molecule has 0 aliphatic rings. The van der Waals surface area contributed by atoms with Crippen LogP contribution >= 0.6 is 11.3 Å². The SMILES string of the molecule is COc1cc(NC(=O)c2cccs2)c(C(=O)NCCn2c(C)nc3ccccc32)cc1OC. The van der Waals surface area contributed by atoms with Crippen LogP contribution in [0.4, 0.5) is 5.69 Å². The average Bonchev–Trinajstić information content (AvgIpc) is 3.47. The molecule has 2 N–H and O–H groups in total. The van der Waals surface area contributed by atoms with E-state index in [-0.39, 0.29) is 17.4 Å². The highest BCUT2D eigenvalue weighted by Gasteiger charge is 2.19. The second-order valence-corrected chi connectivity index (χ2v) is 8.19. The van der Waals surface area contributed by atoms with E-state index in [0.717, 1.165) is 16.9 Å². The molecule has 2 aromatic heterocycles. The number of nitrogens with zero attached hydrogens (tertiary/aromatic N) is 2. The molecule has 0 fully saturated rings. The summed E-state index contributed by atoms with van der Waals surface area (Å²) in [6.45, 7) is 2.88. The molecule has 2 aromatic carbocycles. The number of aryl methyl sites for hydroxylation is 1. The van der Waals surface area contributed by atoms with Gasteiger partial charge in [-0.1, -0.05) is 18.2 Å². The van der Waals surface area contributed by atoms with Gasteiger partial charge in [-0.2, -0.15) is 0 Å². The minimum atomic E-state index is -0.334. The third kappa shape index (κ3) is 4.68. The highest BCUT2D eigenvalue weighted by Crippen LogP contribution is 2.33. The first-order valence-corrected chi connectivity index (χ1v) is 11.2. The van der Waals surface area contributed by atoms with Gasteiger partial charge < -0.3 is 24.7 Å². The highest BCUT2D eigenvalue weighted by molar-refractivity contribution is 7.12. The van der Waals surface area contributed by atoms with Crippen LogP contribution in [-0.4, -0.2) is 42.1 Å². The maximum Gasteiger partial charge on any atom is 0.265 e. The number of methoxy groups -OCH3 is 2. The van der Waals surface area contributed by atoms with Crippen molar-refractivity contribution in [3.8, 4) is 11.5 Å². The minimum absolute atomic E-state index is 0.282. The van der Waals surface area contributed by atoms with Crippen LogP contribution in [0.15, 0.2) is 53.9 Å². The first kappa shape index (κ1) is 22.3. The summed E-state index contributed by atoms with van der Waals surface area (Å²) < 4.78 is 12.8. The van der Waals surface area contributed by atoms with Crippen molar-refractivity contribution in [3.05, 3.63) is 70.2 Å². The molecule has 8 nitrogen and oxygen atoms in total. The fourth-order valence-electron chi connectivity index (χ4n) is 3.62. The van der Waals surface area contributed by atoms with Crippen LogP contribution in [0.2, 0.25) is 0 Å². The van der Waals surface area contributed by atoms with Crippen molar-refractivity contribution < 1.29 is 19.1 Å². The molecule has 0 radical (unpaired) electrons. The number of fused-ring (bicyclic) bond motifs is 1. The van der Waals surface area contributed by atoms with Crippen molar-refractivity contribution in [2.45, 2.75) is 13.5 Å². The number of anilines is 1. The van der Waals surface area contributed by atoms with Crippen molar-refractivity contribution in [1.29, 1.82) is 0 Å². The average molecular weight is 465 g/mol. The zero-order valence-electron chi connectivity index (χ0n) is 18.5. The lowest BCUT2D eigenvalue weighted by atomic mass is 10.1. The topological polar surface area (TPSA) is 94.5 Å². The molecule has 33 heavy (non-hydrogen) atoms. The predicted molar refractivity (Wildman–Crippen MR) is 129 cm³/mol. The number of ether oxygens (including phenoxy) is 2. The lowest BCUT2D eigenvalue weighted by molar-refractivity contribution is 0.0952. The Balaban J connectivity index is 1.55. The van der Waals surface area contributed by atoms with E-state index in [1.54, 1.807) is 24.3 Å². The monoisotopic (exact) mass is 464 g/mol. The molecule has 0 spiro atoms. The fourth-order valence-corrected chi connectivity index (χ4v) is 4.24. The Hall–Kier alpha value is -3.85. The maximum absolute atomic E-state index is 13.1. The molecule has 170 valence electrons. The summed E-state index contributed by atoms with van der Waals surface area (Å²) in [5, 5.41) is 7.57. The van der Waals surface area contributed by atoms with Crippen LogP contribution in [0.5, 0.6) is 11.5 Å². The van der Waals surface area contributed by atoms with Gasteiger partial charge in [-0.05, 0) is 36.6 Å². The lowest BCUT2D eigenvalue weighted by Gasteiger charge is -2.16. The number of carbonyl (C=O) groups is 2. The number of amides is 2. The Kier molecular flexibility index (Phi) is 6.60. The van der Waals surface area contributed by atoms with E-state index in [2.05, 4.69) is 20.2 Å². The molecule has 0 unspecified atom stereocenters. The second kappa shape index (κ2) is 9.74. The first-order valence-electron chi connectivity index (χ1n) is 10.3. The van der Waals surface area contributed by atoms with Crippen molar-refractivity contribution in [2.75, 3.05) is 26.1 Å². The van der Waals surface area contributed by atoms with Crippen LogP contribution in [0.25, 0.3) is 11.0 Å². The van der Waals surface area contributed by atoms with E-state index in [4.69, 9.17) is 9.47 Å². The molecular weight excluding hydrogens is 440 g/mol. The molecule has 0 aliphatic heterocycles. The highest BCUT2D eigenvalue weighted by atomic mass is 32.1. The smallest absolute Gasteiger partial charge is 0.265 e. The van der Waals surface area contributed by atoms with Gasteiger partial charge in [0.05, 0.1) is 41.4 Å². The maximum atomic E-state index is 13.1. The number of nitrogens with one attached hydrogen (secondary N) is 2. The number of imidazole rings is 1. The Morgan fingerprint density at radius 3 is 2.52 bits per heavy atom. The molecule has 4 rings (SSSR count). The zero-order valence-corrected chi connectivity index (χ0v) is 19.4. The molecule has 2 heterocycles. The Labute approximate surface area is 195 Å². The van der Waals surface area contributed by atoms with Crippen molar-refractivity contribution >= 4 is 39.9 Å². The van der Waals surface area contributed by atoms with E-state index < -0.39 is 0 Å². The third-order valence-electron chi connectivity index (χ3n) is 5.23. The molecular formula is C24H24N4O4S. The Morgan fingerprint density at radius 1 is 1.03 bits per heavy atom. The van der Waals surface area contributed by atoms with Gasteiger partial charge >= 0.3 is 0 Å². The lowest BCUT2D eigenvalue weighted by Crippen LogP contribution is -2.28. The summed E-state index contributed by atoms with van der Waals surface area (Å²) in [5.74, 6) is 1.05. The minimum Gasteiger partial charge on any atom is -0.493 e. The van der Waals surface area contributed by atoms with Gasteiger partial charge in [-0.25, -0.2) is 4.98 Å². The summed E-state index contributed by atoms with van der Waals surface area (Å²) in [6.07, 6.45) is 0. The van der Waals surface area contributed by atoms with Crippen LogP contribution in [0.1, 0.15) is 25.9 Å². The number of rotatable bonds is 8. The van der Waals surface area contributed by atoms with Gasteiger partial charge in [0.25, 0.3) is 11.8 Å². The van der Waals surface area contributed by atoms with Crippen molar-refractivity contribution in [2.24, 2.45) is 0 Å². The number of thiophene rings is 1. The van der Waals surface area contributed by atoms with E-state index >= 15 is 0 Å². The zero-order chi connectivity index (χ0) is 23.4. The summed E-state index contributed by atoms with van der Waals surface area (Å²) in [7, 11) is 3.00. The third-order valence-corrected chi connectivity index (χ3v) is 6.10. The van der Waals surface area contributed by atoms with E-state index in [1.165, 1.54) is 25.6 Å². The molecule has 2 amide bonds. The molecule has 4 aromatic rings. The molecule has 0 atom stereocenters. The van der Waals surface area contributed by atoms with Crippen LogP contribution in [0.3, 0.4) is 0 Å². The molecule has 0 aliphatic carbocycles. The molecule has 0 saturated heterocycles. The largest absolute Gasteiger partial charge is 0.493 e. The Bertz CT molecular complexity index is 1300. The van der Waals surface area contributed by atoms with Gasteiger partial charge in [0.1, 0.15) is 5.82 Å². The number of para-hydroxylation sites is 2. The van der Waals surface area contributed by atoms with E-state index in [1.807, 2.05) is 36.6 Å². The van der Waals surface area contributed by atoms with Crippen molar-refractivity contribution in [1.82, 2.24) is 14.9 Å². The number of carbonyl (C=O) groups excluding carboxylic acids is 2. The number of hydrogen-bond donors (Lipinski definition) is 2. The first-order chi connectivity index (χ1) is 16.0. The molecule has 0 saturated carbocycles. The van der Waals surface area contributed by atoms with Gasteiger partial charge in [0.2, 0.25) is 0 Å². The summed E-state index contributed by atoms with van der Waals surface area (Å²) in [6, 6.07) is 14.5. The predicted octanol–water partition coefficient (Wildman–Crippen LogP) is 4.11. The summed E-state index contributed by atoms with van der Waals surface area (Å²) in [4.78, 5) is 30.8. The molecule has 9 heteroatoms. The van der Waals surface area contributed by atoms with E-state index in [9.17, 15) is 9.59 Å². The second-order valence-electron chi connectivity index (χ2n) is 7.24. The number of benzene rings is 2. The van der Waals surface area contributed by atoms with Crippen molar-refractivity contribution in [3.63, 3.8) is 0 Å². The standard InChI is InChI=1S/C24H24N4O4S/c1-15-26-17-7-4-5-8-19(17)28(15)11-10-25-23(29)16-13-20(31-2)21(32-3)14-18(16)27-24(30)22-9-6-12-33-22/h4-9,12-14H,10-11H2,1-3H3,(H,25,29)(H,27,30). The van der Waals surface area contributed by atoms with Gasteiger partial charge in [-0.3, -0.25) is 9.59 Å². The number of hydrogen-bond acceptors (Lipinski definition) is 6. The summed E-state index contributed by atoms with van der Waals surface area (Å²) >= 11 is 1.32. The normalized spacial score (nSPS) is 10.8. The number of aromatic nitrogens is 2. The van der Waals surface area contributed by atoms with Crippen LogP contribution in [0, 0.1) is 6.92 Å². The van der Waals surface area contributed by atoms with Gasteiger partial charge in [0.15, 0.2) is 11.5 Å².